The predicted octanol–water partition coefficient (Wildman–Crippen LogP) is 4.04. The summed E-state index contributed by atoms with van der Waals surface area (Å²) in [5, 5.41) is 10.7. The van der Waals surface area contributed by atoms with E-state index in [0.29, 0.717) is 38.5 Å². The molecule has 2 aliphatic rings. The average molecular weight is 407 g/mol. The van der Waals surface area contributed by atoms with Gasteiger partial charge >= 0.3 is 0 Å². The fraction of sp³-hybridized carbons (Fsp3) is 0.500. The topological polar surface area (TPSA) is 75.3 Å². The van der Waals surface area contributed by atoms with E-state index in [2.05, 4.69) is 14.9 Å². The van der Waals surface area contributed by atoms with Crippen molar-refractivity contribution in [2.45, 2.75) is 44.8 Å². The zero-order valence-electron chi connectivity index (χ0n) is 15.2. The molecule has 27 heavy (non-hydrogen) atoms. The minimum atomic E-state index is -0.207. The van der Waals surface area contributed by atoms with Gasteiger partial charge in [-0.2, -0.15) is 0 Å². The van der Waals surface area contributed by atoms with Crippen LogP contribution in [0.4, 0.5) is 5.82 Å². The molecule has 144 valence electrons. The number of halogens is 2. The molecule has 0 radical (unpaired) electrons. The largest absolute Gasteiger partial charge is 0.390 e. The molecule has 1 unspecified atom stereocenters. The number of nitrogens with zero attached hydrogens (tertiary/aromatic N) is 3. The lowest BCUT2D eigenvalue weighted by atomic mass is 9.74. The van der Waals surface area contributed by atoms with Crippen molar-refractivity contribution in [3.63, 3.8) is 0 Å². The Labute approximate surface area is 169 Å². The molecule has 1 atom stereocenters. The van der Waals surface area contributed by atoms with Gasteiger partial charge in [-0.15, -0.1) is 0 Å². The summed E-state index contributed by atoms with van der Waals surface area (Å²) in [6.45, 7) is 1.64. The number of aliphatic hydroxyl groups is 1. The number of anilines is 1. The molecule has 1 aliphatic heterocycles. The first kappa shape index (κ1) is 18.9. The number of hydrogen-bond acceptors (Lipinski definition) is 5. The molecule has 1 saturated heterocycles. The number of benzene rings is 1. The van der Waals surface area contributed by atoms with Gasteiger partial charge in [0.1, 0.15) is 5.82 Å². The predicted molar refractivity (Wildman–Crippen MR) is 109 cm³/mol. The minimum Gasteiger partial charge on any atom is -0.390 e. The molecule has 1 aliphatic carbocycles. The Bertz CT molecular complexity index is 837. The van der Waals surface area contributed by atoms with Crippen LogP contribution in [-0.4, -0.2) is 34.2 Å². The summed E-state index contributed by atoms with van der Waals surface area (Å²) >= 11 is 12.4. The van der Waals surface area contributed by atoms with E-state index in [1.165, 1.54) is 12.8 Å². The van der Waals surface area contributed by atoms with Gasteiger partial charge < -0.3 is 15.7 Å². The molecular formula is C20H24Cl2N4O. The summed E-state index contributed by atoms with van der Waals surface area (Å²) in [5.41, 5.74) is 8.45. The summed E-state index contributed by atoms with van der Waals surface area (Å²) in [6.07, 6.45) is 7.56. The summed E-state index contributed by atoms with van der Waals surface area (Å²) in [4.78, 5) is 11.5. The van der Waals surface area contributed by atoms with E-state index in [4.69, 9.17) is 28.9 Å². The highest BCUT2D eigenvalue weighted by Crippen LogP contribution is 2.46. The van der Waals surface area contributed by atoms with E-state index >= 15 is 0 Å². The molecule has 1 saturated carbocycles. The van der Waals surface area contributed by atoms with E-state index in [1.807, 2.05) is 12.1 Å². The molecule has 7 heteroatoms. The van der Waals surface area contributed by atoms with Crippen molar-refractivity contribution in [1.29, 1.82) is 0 Å². The van der Waals surface area contributed by atoms with Crippen LogP contribution in [0, 0.1) is 5.41 Å². The van der Waals surface area contributed by atoms with Gasteiger partial charge in [0.2, 0.25) is 0 Å². The molecule has 1 spiro atoms. The molecular weight excluding hydrogens is 383 g/mol. The fourth-order valence-electron chi connectivity index (χ4n) is 4.56. The second-order valence-corrected chi connectivity index (χ2v) is 8.42. The first-order valence-corrected chi connectivity index (χ1v) is 10.2. The molecule has 1 aromatic carbocycles. The molecule has 2 aromatic rings. The van der Waals surface area contributed by atoms with Gasteiger partial charge in [0, 0.05) is 24.7 Å². The summed E-state index contributed by atoms with van der Waals surface area (Å²) < 4.78 is 0. The number of aromatic nitrogens is 2. The third-order valence-electron chi connectivity index (χ3n) is 6.25. The van der Waals surface area contributed by atoms with Crippen molar-refractivity contribution in [2.24, 2.45) is 11.1 Å². The van der Waals surface area contributed by atoms with Crippen LogP contribution in [0.3, 0.4) is 0 Å². The average Bonchev–Trinajstić information content (AvgIpc) is 3.04. The van der Waals surface area contributed by atoms with Crippen molar-refractivity contribution in [2.75, 3.05) is 18.0 Å². The minimum absolute atomic E-state index is 0.207. The maximum atomic E-state index is 9.85. The van der Waals surface area contributed by atoms with Crippen LogP contribution in [0.25, 0.3) is 11.3 Å². The van der Waals surface area contributed by atoms with Crippen LogP contribution in [0.15, 0.2) is 24.4 Å². The highest BCUT2D eigenvalue weighted by atomic mass is 35.5. The summed E-state index contributed by atoms with van der Waals surface area (Å²) in [7, 11) is 0. The van der Waals surface area contributed by atoms with Crippen molar-refractivity contribution in [3.8, 4) is 11.3 Å². The Kier molecular flexibility index (Phi) is 5.30. The van der Waals surface area contributed by atoms with Gasteiger partial charge in [0.25, 0.3) is 0 Å². The molecule has 2 heterocycles. The van der Waals surface area contributed by atoms with Gasteiger partial charge in [0.05, 0.1) is 34.2 Å². The Hall–Kier alpha value is -1.40. The Balaban J connectivity index is 1.58. The lowest BCUT2D eigenvalue weighted by Crippen LogP contribution is -2.47. The third kappa shape index (κ3) is 3.42. The van der Waals surface area contributed by atoms with E-state index in [9.17, 15) is 5.11 Å². The fourth-order valence-corrected chi connectivity index (χ4v) is 4.95. The number of rotatable bonds is 3. The molecule has 4 rings (SSSR count). The van der Waals surface area contributed by atoms with Crippen molar-refractivity contribution >= 4 is 29.0 Å². The molecule has 3 N–H and O–H groups in total. The normalized spacial score (nSPS) is 21.8. The van der Waals surface area contributed by atoms with Crippen molar-refractivity contribution < 1.29 is 5.11 Å². The second-order valence-electron chi connectivity index (χ2n) is 7.63. The first-order chi connectivity index (χ1) is 13.0. The lowest BCUT2D eigenvalue weighted by Gasteiger charge is -2.42. The smallest absolute Gasteiger partial charge is 0.147 e. The van der Waals surface area contributed by atoms with Crippen LogP contribution < -0.4 is 10.6 Å². The van der Waals surface area contributed by atoms with Gasteiger partial charge in [-0.05, 0) is 37.2 Å². The Morgan fingerprint density at radius 1 is 1.22 bits per heavy atom. The highest BCUT2D eigenvalue weighted by Gasteiger charge is 2.43. The van der Waals surface area contributed by atoms with Crippen LogP contribution in [0.5, 0.6) is 0 Å². The van der Waals surface area contributed by atoms with E-state index in [-0.39, 0.29) is 6.61 Å². The maximum Gasteiger partial charge on any atom is 0.147 e. The van der Waals surface area contributed by atoms with E-state index in [1.54, 1.807) is 12.3 Å². The van der Waals surface area contributed by atoms with Gasteiger partial charge in [-0.1, -0.05) is 41.8 Å². The number of hydrogen-bond donors (Lipinski definition) is 2. The van der Waals surface area contributed by atoms with Gasteiger partial charge in [0.15, 0.2) is 0 Å². The van der Waals surface area contributed by atoms with Crippen LogP contribution in [0.1, 0.15) is 37.8 Å². The molecule has 5 nitrogen and oxygen atoms in total. The number of piperidine rings is 1. The summed E-state index contributed by atoms with van der Waals surface area (Å²) in [6, 6.07) is 5.70. The Morgan fingerprint density at radius 3 is 2.67 bits per heavy atom. The van der Waals surface area contributed by atoms with E-state index < -0.39 is 0 Å². The molecule has 1 aromatic heterocycles. The lowest BCUT2D eigenvalue weighted by molar-refractivity contribution is 0.197. The zero-order valence-corrected chi connectivity index (χ0v) is 16.7. The third-order valence-corrected chi connectivity index (χ3v) is 7.07. The first-order valence-electron chi connectivity index (χ1n) is 9.46. The Morgan fingerprint density at radius 2 is 2.00 bits per heavy atom. The second kappa shape index (κ2) is 7.55. The summed E-state index contributed by atoms with van der Waals surface area (Å²) in [5.74, 6) is 0.794. The quantitative estimate of drug-likeness (QED) is 0.803. The standard InChI is InChI=1S/C20H24Cl2N4O/c21-14-4-1-3-13(18(14)22)19-15(12-27)25-17(11-24-19)26-9-7-20(8-10-26)6-2-5-16(20)23/h1,3-4,11,16,27H,2,5-10,12,23H2. The van der Waals surface area contributed by atoms with E-state index in [0.717, 1.165) is 38.2 Å². The highest BCUT2D eigenvalue weighted by molar-refractivity contribution is 6.43. The van der Waals surface area contributed by atoms with Gasteiger partial charge in [-0.25, -0.2) is 4.98 Å². The van der Waals surface area contributed by atoms with Gasteiger partial charge in [-0.3, -0.25) is 4.98 Å². The van der Waals surface area contributed by atoms with Crippen LogP contribution in [0.2, 0.25) is 10.0 Å². The van der Waals surface area contributed by atoms with Crippen LogP contribution in [-0.2, 0) is 6.61 Å². The molecule has 0 amide bonds. The number of aliphatic hydroxyl groups excluding tert-OH is 1. The zero-order chi connectivity index (χ0) is 19.0. The molecule has 0 bridgehead atoms. The van der Waals surface area contributed by atoms with Crippen LogP contribution >= 0.6 is 23.2 Å². The number of nitrogens with two attached hydrogens (primary N) is 1. The molecule has 2 fully saturated rings. The SMILES string of the molecule is NC1CCCC12CCN(c1cnc(-c3cccc(Cl)c3Cl)c(CO)n1)CC2. The monoisotopic (exact) mass is 406 g/mol. The maximum absolute atomic E-state index is 9.85. The van der Waals surface area contributed by atoms with Crippen molar-refractivity contribution in [3.05, 3.63) is 40.1 Å². The van der Waals surface area contributed by atoms with Crippen molar-refractivity contribution in [1.82, 2.24) is 9.97 Å².